The first-order valence-corrected chi connectivity index (χ1v) is 16.3. The van der Waals surface area contributed by atoms with Gasteiger partial charge in [0.1, 0.15) is 24.4 Å². The molecule has 0 radical (unpaired) electrons. The molecule has 13 heteroatoms. The maximum Gasteiger partial charge on any atom is 1.00 e. The van der Waals surface area contributed by atoms with Crippen molar-refractivity contribution in [3.8, 4) is 0 Å². The maximum absolute atomic E-state index is 12.1. The van der Waals surface area contributed by atoms with Crippen LogP contribution in [0.1, 0.15) is 91.4 Å². The first kappa shape index (κ1) is 39.6. The zero-order chi connectivity index (χ0) is 31.3. The number of ether oxygens (including phenoxy) is 2. The number of rotatable bonds is 9. The van der Waals surface area contributed by atoms with Crippen LogP contribution in [0.3, 0.4) is 0 Å². The van der Waals surface area contributed by atoms with Gasteiger partial charge in [0.25, 0.3) is 0 Å². The van der Waals surface area contributed by atoms with Crippen molar-refractivity contribution in [1.82, 2.24) is 5.32 Å². The zero-order valence-electron chi connectivity index (χ0n) is 27.6. The molecule has 4 aliphatic carbocycles. The summed E-state index contributed by atoms with van der Waals surface area (Å²) in [6, 6.07) is 0. The Hall–Kier alpha value is 0.210. The van der Waals surface area contributed by atoms with E-state index < -0.39 is 49.2 Å². The third-order valence-corrected chi connectivity index (χ3v) is 12.8. The van der Waals surface area contributed by atoms with Gasteiger partial charge in [0.15, 0.2) is 6.29 Å². The van der Waals surface area contributed by atoms with E-state index in [-0.39, 0.29) is 82.0 Å². The van der Waals surface area contributed by atoms with E-state index in [1.165, 1.54) is 25.7 Å². The predicted octanol–water partition coefficient (Wildman–Crippen LogP) is -6.12. The Morgan fingerprint density at radius 1 is 0.911 bits per heavy atom. The van der Waals surface area contributed by atoms with Crippen molar-refractivity contribution in [3.05, 3.63) is 0 Å². The van der Waals surface area contributed by atoms with E-state index in [9.17, 15) is 39.9 Å². The second-order valence-electron chi connectivity index (χ2n) is 14.8. The van der Waals surface area contributed by atoms with E-state index >= 15 is 0 Å². The zero-order valence-corrected chi connectivity index (χ0v) is 31.6. The van der Waals surface area contributed by atoms with Gasteiger partial charge in [-0.1, -0.05) is 20.8 Å². The maximum atomic E-state index is 12.1. The molecule has 1 saturated heterocycles. The summed E-state index contributed by atoms with van der Waals surface area (Å²) in [6.07, 6.45) is 2.12. The second kappa shape index (κ2) is 15.8. The summed E-state index contributed by atoms with van der Waals surface area (Å²) in [4.78, 5) is 34.2. The summed E-state index contributed by atoms with van der Waals surface area (Å²) in [7, 11) is 0. The van der Waals surface area contributed by atoms with E-state index in [2.05, 4.69) is 26.1 Å². The summed E-state index contributed by atoms with van der Waals surface area (Å²) in [6.45, 7) is 6.71. The Kier molecular flexibility index (Phi) is 13.9. The number of carbonyl (C=O) groups excluding carboxylic acids is 3. The van der Waals surface area contributed by atoms with Crippen LogP contribution in [0.5, 0.6) is 0 Å². The fourth-order valence-corrected chi connectivity index (χ4v) is 10.5. The van der Waals surface area contributed by atoms with Crippen LogP contribution in [0.2, 0.25) is 0 Å². The van der Waals surface area contributed by atoms with Crippen LogP contribution in [-0.4, -0.2) is 76.5 Å². The average Bonchev–Trinajstić information content (AvgIpc) is 3.32. The molecule has 0 aromatic carbocycles. The van der Waals surface area contributed by atoms with Gasteiger partial charge < -0.3 is 49.9 Å². The van der Waals surface area contributed by atoms with Crippen LogP contribution in [0.25, 0.3) is 0 Å². The molecule has 11 nitrogen and oxygen atoms in total. The molecule has 0 aromatic heterocycles. The molecule has 45 heavy (non-hydrogen) atoms. The molecule has 4 N–H and O–H groups in total. The number of hydrogen-bond acceptors (Lipinski definition) is 10. The van der Waals surface area contributed by atoms with Crippen LogP contribution in [0.15, 0.2) is 0 Å². The molecule has 0 spiro atoms. The van der Waals surface area contributed by atoms with Gasteiger partial charge in [0.2, 0.25) is 5.91 Å². The van der Waals surface area contributed by atoms with Gasteiger partial charge in [0, 0.05) is 6.42 Å². The Balaban J connectivity index is 0.00000276. The molecule has 1 heterocycles. The molecule has 0 aromatic rings. The smallest absolute Gasteiger partial charge is 0.548 e. The van der Waals surface area contributed by atoms with Gasteiger partial charge in [-0.05, 0) is 111 Å². The molecule has 1 amide bonds. The first-order chi connectivity index (χ1) is 20.3. The topological polar surface area (TPSA) is 189 Å². The number of carboxylic acids is 2. The molecule has 5 aliphatic rings. The van der Waals surface area contributed by atoms with Crippen LogP contribution < -0.4 is 74.6 Å². The normalized spacial score (nSPS) is 44.5. The van der Waals surface area contributed by atoms with Gasteiger partial charge in [-0.2, -0.15) is 0 Å². The number of carbonyl (C=O) groups is 3. The van der Waals surface area contributed by atoms with Gasteiger partial charge >= 0.3 is 59.1 Å². The van der Waals surface area contributed by atoms with Crippen LogP contribution >= 0.6 is 0 Å². The summed E-state index contributed by atoms with van der Waals surface area (Å²) in [5.41, 5.74) is 0.404. The van der Waals surface area contributed by atoms with Crippen molar-refractivity contribution in [2.24, 2.45) is 46.3 Å². The summed E-state index contributed by atoms with van der Waals surface area (Å²) < 4.78 is 11.4. The molecule has 5 rings (SSSR count). The number of nitrogens with one attached hydrogen (secondary N) is 1. The van der Waals surface area contributed by atoms with Crippen molar-refractivity contribution in [1.29, 1.82) is 0 Å². The minimum Gasteiger partial charge on any atom is -0.548 e. The van der Waals surface area contributed by atoms with E-state index in [1.54, 1.807) is 0 Å². The number of aliphatic hydroxyl groups excluding tert-OH is 3. The molecule has 1 unspecified atom stereocenters. The molecular weight excluding hydrogens is 604 g/mol. The van der Waals surface area contributed by atoms with Crippen molar-refractivity contribution >= 4 is 17.8 Å². The molecule has 1 aliphatic heterocycles. The Labute approximate surface area is 310 Å². The van der Waals surface area contributed by atoms with Crippen molar-refractivity contribution in [2.45, 2.75) is 128 Å². The van der Waals surface area contributed by atoms with E-state index in [1.807, 2.05) is 0 Å². The minimum atomic E-state index is -1.79. The number of aliphatic carboxylic acids is 2. The molecule has 14 atom stereocenters. The molecular formula is C32H49NNa2O10. The molecule has 5 fully saturated rings. The van der Waals surface area contributed by atoms with Crippen molar-refractivity contribution < 1.29 is 109 Å². The third kappa shape index (κ3) is 7.84. The average molecular weight is 654 g/mol. The molecule has 0 bridgehead atoms. The molecule has 244 valence electrons. The Morgan fingerprint density at radius 3 is 2.24 bits per heavy atom. The van der Waals surface area contributed by atoms with Crippen LogP contribution in [-0.2, 0) is 23.9 Å². The van der Waals surface area contributed by atoms with Crippen LogP contribution in [0, 0.1) is 46.3 Å². The minimum absolute atomic E-state index is 0. The Morgan fingerprint density at radius 2 is 1.58 bits per heavy atom. The monoisotopic (exact) mass is 653 g/mol. The number of amides is 1. The molecule has 4 saturated carbocycles. The van der Waals surface area contributed by atoms with Gasteiger partial charge in [-0.3, -0.25) is 4.79 Å². The van der Waals surface area contributed by atoms with Gasteiger partial charge in [0.05, 0.1) is 24.6 Å². The van der Waals surface area contributed by atoms with Crippen molar-refractivity contribution in [2.75, 3.05) is 6.54 Å². The first-order valence-electron chi connectivity index (χ1n) is 16.3. The number of aliphatic hydroxyl groups is 3. The quantitative estimate of drug-likeness (QED) is 0.138. The third-order valence-electron chi connectivity index (χ3n) is 12.8. The predicted molar refractivity (Wildman–Crippen MR) is 148 cm³/mol. The summed E-state index contributed by atoms with van der Waals surface area (Å²) in [5.74, 6) is 0.110. The largest absolute Gasteiger partial charge is 1.00 e. The SMILES string of the molecule is C[C@H](CCC(=O)NCC(=O)[O-])[C@H]1CC[C@H]2[C@@H]3CC[C@@H]4C[C@H](O[C@@H]5O[C@H](C(=O)[O-])[C@@H](O)C(O)[C@H]5O)CC[C@]4(C)[C@H]3CC[C@]12C.[Na+].[Na+]. The van der Waals surface area contributed by atoms with E-state index in [4.69, 9.17) is 9.47 Å². The van der Waals surface area contributed by atoms with Gasteiger partial charge in [-0.25, -0.2) is 0 Å². The van der Waals surface area contributed by atoms with Crippen molar-refractivity contribution in [3.63, 3.8) is 0 Å². The standard InChI is InChI=1S/C32H51NO10.2Na/c1-16(4-9-23(34)33-15-24(35)36)20-7-8-21-19-6-5-17-14-18(10-12-31(17,2)22(19)11-13-32(20,21)3)42-30-27(39)25(37)26(38)28(43-30)29(40)41;;/h16-22,25-28,30,37-39H,4-15H2,1-3H3,(H,33,34)(H,35,36)(H,40,41);;/q;2*+1/p-2/t16-,17-,18-,19+,20-,21+,22+,25?,26+,27-,28+,30-,31+,32-;;/m1../s1. The second-order valence-corrected chi connectivity index (χ2v) is 14.8. The fraction of sp³-hybridized carbons (Fsp3) is 0.906. The number of hydrogen-bond donors (Lipinski definition) is 4. The number of carboxylic acid groups (broad SMARTS) is 2. The van der Waals surface area contributed by atoms with Crippen LogP contribution in [0.4, 0.5) is 0 Å². The van der Waals surface area contributed by atoms with Gasteiger partial charge in [-0.15, -0.1) is 0 Å². The summed E-state index contributed by atoms with van der Waals surface area (Å²) >= 11 is 0. The summed E-state index contributed by atoms with van der Waals surface area (Å²) in [5, 5.41) is 55.1. The Bertz CT molecular complexity index is 1070. The number of fused-ring (bicyclic) bond motifs is 5. The van der Waals surface area contributed by atoms with E-state index in [0.29, 0.717) is 41.9 Å². The van der Waals surface area contributed by atoms with E-state index in [0.717, 1.165) is 38.5 Å². The fourth-order valence-electron chi connectivity index (χ4n) is 10.5.